The minimum absolute atomic E-state index is 0.204. The summed E-state index contributed by atoms with van der Waals surface area (Å²) in [5.41, 5.74) is 1.22. The molecule has 1 aromatic rings. The number of ether oxygens (including phenoxy) is 2. The van der Waals surface area contributed by atoms with Gasteiger partial charge in [0.05, 0.1) is 19.8 Å². The Hall–Kier alpha value is -1.55. The third-order valence-corrected chi connectivity index (χ3v) is 2.40. The Morgan fingerprint density at radius 2 is 1.89 bits per heavy atom. The molecule has 1 aromatic carbocycles. The van der Waals surface area contributed by atoms with Crippen molar-refractivity contribution in [3.05, 3.63) is 29.8 Å². The van der Waals surface area contributed by atoms with Gasteiger partial charge in [0.15, 0.2) is 0 Å². The molecule has 4 heteroatoms. The fourth-order valence-corrected chi connectivity index (χ4v) is 1.55. The van der Waals surface area contributed by atoms with Crippen LogP contribution in [0.15, 0.2) is 24.3 Å². The van der Waals surface area contributed by atoms with E-state index in [1.165, 1.54) is 5.56 Å². The Labute approximate surface area is 108 Å². The highest BCUT2D eigenvalue weighted by Gasteiger charge is 2.00. The zero-order valence-corrected chi connectivity index (χ0v) is 11.1. The molecule has 1 N–H and O–H groups in total. The molecule has 0 aliphatic rings. The van der Waals surface area contributed by atoms with E-state index >= 15 is 0 Å². The van der Waals surface area contributed by atoms with Crippen LogP contribution in [0.25, 0.3) is 0 Å². The van der Waals surface area contributed by atoms with E-state index in [0.29, 0.717) is 13.2 Å². The maximum Gasteiger partial charge on any atom is 0.319 e. The van der Waals surface area contributed by atoms with Crippen LogP contribution < -0.4 is 10.1 Å². The smallest absolute Gasteiger partial charge is 0.319 e. The van der Waals surface area contributed by atoms with E-state index in [9.17, 15) is 4.79 Å². The molecule has 0 spiro atoms. The number of carbonyl (C=O) groups excluding carboxylic acids is 1. The first kappa shape index (κ1) is 14.5. The minimum Gasteiger partial charge on any atom is -0.494 e. The summed E-state index contributed by atoms with van der Waals surface area (Å²) < 4.78 is 10.2. The molecule has 0 fully saturated rings. The summed E-state index contributed by atoms with van der Waals surface area (Å²) in [4.78, 5) is 11.1. The largest absolute Gasteiger partial charge is 0.494 e. The van der Waals surface area contributed by atoms with E-state index in [1.54, 1.807) is 6.92 Å². The van der Waals surface area contributed by atoms with Gasteiger partial charge in [-0.25, -0.2) is 0 Å². The van der Waals surface area contributed by atoms with Crippen LogP contribution in [-0.4, -0.2) is 32.3 Å². The van der Waals surface area contributed by atoms with Gasteiger partial charge in [-0.15, -0.1) is 0 Å². The van der Waals surface area contributed by atoms with Crippen LogP contribution in [0.3, 0.4) is 0 Å². The first-order valence-electron chi connectivity index (χ1n) is 6.34. The number of hydrogen-bond acceptors (Lipinski definition) is 4. The number of carbonyl (C=O) groups is 1. The number of rotatable bonds is 8. The van der Waals surface area contributed by atoms with Crippen LogP contribution in [0.5, 0.6) is 5.75 Å². The van der Waals surface area contributed by atoms with Gasteiger partial charge in [0.25, 0.3) is 0 Å². The summed E-state index contributed by atoms with van der Waals surface area (Å²) in [5, 5.41) is 3.05. The molecular weight excluding hydrogens is 230 g/mol. The standard InChI is InChI=1S/C14H21NO3/c1-3-17-13-7-5-12(6-8-13)9-10-15-11-14(16)18-4-2/h5-8,15H,3-4,9-11H2,1-2H3. The third-order valence-electron chi connectivity index (χ3n) is 2.40. The summed E-state index contributed by atoms with van der Waals surface area (Å²) in [6.45, 7) is 5.91. The molecule has 0 heterocycles. The van der Waals surface area contributed by atoms with Gasteiger partial charge < -0.3 is 14.8 Å². The Balaban J connectivity index is 2.21. The molecule has 0 aliphatic heterocycles. The fraction of sp³-hybridized carbons (Fsp3) is 0.500. The first-order valence-corrected chi connectivity index (χ1v) is 6.34. The zero-order chi connectivity index (χ0) is 13.2. The molecule has 18 heavy (non-hydrogen) atoms. The van der Waals surface area contributed by atoms with Crippen molar-refractivity contribution >= 4 is 5.97 Å². The lowest BCUT2D eigenvalue weighted by Crippen LogP contribution is -2.26. The van der Waals surface area contributed by atoms with E-state index in [1.807, 2.05) is 31.2 Å². The maximum atomic E-state index is 11.1. The van der Waals surface area contributed by atoms with Crippen molar-refractivity contribution in [3.63, 3.8) is 0 Å². The Bertz CT molecular complexity index is 349. The lowest BCUT2D eigenvalue weighted by atomic mass is 10.1. The van der Waals surface area contributed by atoms with Crippen LogP contribution in [0.4, 0.5) is 0 Å². The van der Waals surface area contributed by atoms with Crippen molar-refractivity contribution in [2.45, 2.75) is 20.3 Å². The molecule has 0 unspecified atom stereocenters. The van der Waals surface area contributed by atoms with Gasteiger partial charge in [0, 0.05) is 0 Å². The summed E-state index contributed by atoms with van der Waals surface area (Å²) in [7, 11) is 0. The molecule has 0 saturated carbocycles. The highest BCUT2D eigenvalue weighted by Crippen LogP contribution is 2.12. The summed E-state index contributed by atoms with van der Waals surface area (Å²) in [5.74, 6) is 0.685. The van der Waals surface area contributed by atoms with E-state index in [4.69, 9.17) is 9.47 Å². The average molecular weight is 251 g/mol. The van der Waals surface area contributed by atoms with Crippen LogP contribution in [0.1, 0.15) is 19.4 Å². The van der Waals surface area contributed by atoms with Crippen molar-refractivity contribution in [2.24, 2.45) is 0 Å². The van der Waals surface area contributed by atoms with Gasteiger partial charge >= 0.3 is 5.97 Å². The minimum atomic E-state index is -0.204. The van der Waals surface area contributed by atoms with Gasteiger partial charge in [0.1, 0.15) is 5.75 Å². The van der Waals surface area contributed by atoms with Gasteiger partial charge in [-0.2, -0.15) is 0 Å². The van der Waals surface area contributed by atoms with E-state index < -0.39 is 0 Å². The molecule has 0 aliphatic carbocycles. The molecule has 0 aromatic heterocycles. The predicted octanol–water partition coefficient (Wildman–Crippen LogP) is 1.78. The van der Waals surface area contributed by atoms with Crippen molar-refractivity contribution in [2.75, 3.05) is 26.3 Å². The van der Waals surface area contributed by atoms with Crippen LogP contribution >= 0.6 is 0 Å². The van der Waals surface area contributed by atoms with E-state index in [2.05, 4.69) is 5.32 Å². The number of nitrogens with one attached hydrogen (secondary N) is 1. The van der Waals surface area contributed by atoms with Crippen molar-refractivity contribution < 1.29 is 14.3 Å². The van der Waals surface area contributed by atoms with Gasteiger partial charge in [-0.3, -0.25) is 4.79 Å². The lowest BCUT2D eigenvalue weighted by molar-refractivity contribution is -0.141. The maximum absolute atomic E-state index is 11.1. The van der Waals surface area contributed by atoms with Crippen LogP contribution in [0.2, 0.25) is 0 Å². The molecular formula is C14H21NO3. The number of benzene rings is 1. The number of hydrogen-bond donors (Lipinski definition) is 1. The first-order chi connectivity index (χ1) is 8.76. The molecule has 4 nitrogen and oxygen atoms in total. The monoisotopic (exact) mass is 251 g/mol. The Morgan fingerprint density at radius 1 is 1.17 bits per heavy atom. The average Bonchev–Trinajstić information content (AvgIpc) is 2.37. The second kappa shape index (κ2) is 8.53. The van der Waals surface area contributed by atoms with Crippen molar-refractivity contribution in [3.8, 4) is 5.75 Å². The quantitative estimate of drug-likeness (QED) is 0.565. The normalized spacial score (nSPS) is 10.1. The molecule has 0 saturated heterocycles. The highest BCUT2D eigenvalue weighted by molar-refractivity contribution is 5.71. The van der Waals surface area contributed by atoms with Gasteiger partial charge in [0.2, 0.25) is 0 Å². The predicted molar refractivity (Wildman–Crippen MR) is 70.8 cm³/mol. The highest BCUT2D eigenvalue weighted by atomic mass is 16.5. The van der Waals surface area contributed by atoms with Gasteiger partial charge in [-0.05, 0) is 44.5 Å². The van der Waals surface area contributed by atoms with Crippen LogP contribution in [0, 0.1) is 0 Å². The van der Waals surface area contributed by atoms with Crippen molar-refractivity contribution in [1.29, 1.82) is 0 Å². The summed E-state index contributed by atoms with van der Waals surface area (Å²) in [6, 6.07) is 8.00. The zero-order valence-electron chi connectivity index (χ0n) is 11.1. The van der Waals surface area contributed by atoms with E-state index in [0.717, 1.165) is 18.7 Å². The molecule has 0 radical (unpaired) electrons. The molecule has 0 bridgehead atoms. The second-order valence-corrected chi connectivity index (χ2v) is 3.81. The number of esters is 1. The molecule has 100 valence electrons. The summed E-state index contributed by atoms with van der Waals surface area (Å²) in [6.07, 6.45) is 0.881. The van der Waals surface area contributed by atoms with Crippen LogP contribution in [-0.2, 0) is 16.0 Å². The SMILES string of the molecule is CCOC(=O)CNCCc1ccc(OCC)cc1. The van der Waals surface area contributed by atoms with E-state index in [-0.39, 0.29) is 12.5 Å². The molecule has 1 rings (SSSR count). The summed E-state index contributed by atoms with van der Waals surface area (Å²) >= 11 is 0. The topological polar surface area (TPSA) is 47.6 Å². The fourth-order valence-electron chi connectivity index (χ4n) is 1.55. The van der Waals surface area contributed by atoms with Gasteiger partial charge in [-0.1, -0.05) is 12.1 Å². The molecule has 0 amide bonds. The molecule has 0 atom stereocenters. The second-order valence-electron chi connectivity index (χ2n) is 3.81. The van der Waals surface area contributed by atoms with Crippen molar-refractivity contribution in [1.82, 2.24) is 5.32 Å². The third kappa shape index (κ3) is 5.68. The Kier molecular flexibility index (Phi) is 6.87. The Morgan fingerprint density at radius 3 is 2.50 bits per heavy atom. The lowest BCUT2D eigenvalue weighted by Gasteiger charge is -2.06.